The van der Waals surface area contributed by atoms with Crippen molar-refractivity contribution in [3.8, 4) is 0 Å². The van der Waals surface area contributed by atoms with Crippen molar-refractivity contribution in [1.82, 2.24) is 20.4 Å². The van der Waals surface area contributed by atoms with Crippen LogP contribution in [0.5, 0.6) is 0 Å². The van der Waals surface area contributed by atoms with Crippen LogP contribution in [0.3, 0.4) is 0 Å². The molecule has 0 saturated heterocycles. The molecule has 5 nitrogen and oxygen atoms in total. The van der Waals surface area contributed by atoms with Gasteiger partial charge in [-0.3, -0.25) is 4.68 Å². The Balaban J connectivity index is 0.00000338. The number of benzene rings is 1. The summed E-state index contributed by atoms with van der Waals surface area (Å²) in [6.45, 7) is 11.1. The zero-order chi connectivity index (χ0) is 18.3. The molecule has 2 rings (SSSR count). The van der Waals surface area contributed by atoms with Crippen LogP contribution < -0.4 is 10.6 Å². The van der Waals surface area contributed by atoms with E-state index in [0.717, 1.165) is 31.2 Å². The van der Waals surface area contributed by atoms with Gasteiger partial charge in [0, 0.05) is 26.3 Å². The third-order valence-electron chi connectivity index (χ3n) is 4.19. The zero-order valence-electron chi connectivity index (χ0n) is 16.5. The molecule has 1 aromatic carbocycles. The lowest BCUT2D eigenvalue weighted by Gasteiger charge is -2.19. The normalized spacial score (nSPS) is 11.8. The van der Waals surface area contributed by atoms with E-state index in [-0.39, 0.29) is 29.4 Å². The molecule has 0 atom stereocenters. The van der Waals surface area contributed by atoms with Crippen LogP contribution in [0, 0.1) is 0 Å². The molecule has 6 heteroatoms. The maximum atomic E-state index is 4.63. The lowest BCUT2D eigenvalue weighted by Crippen LogP contribution is -2.38. The van der Waals surface area contributed by atoms with Crippen LogP contribution in [0.1, 0.15) is 44.5 Å². The van der Waals surface area contributed by atoms with Gasteiger partial charge in [-0.2, -0.15) is 5.10 Å². The molecular weight excluding hydrogens is 437 g/mol. The van der Waals surface area contributed by atoms with E-state index in [9.17, 15) is 0 Å². The molecule has 26 heavy (non-hydrogen) atoms. The summed E-state index contributed by atoms with van der Waals surface area (Å²) in [5, 5.41) is 10.9. The molecule has 0 aliphatic carbocycles. The number of aryl methyl sites for hydroxylation is 1. The standard InChI is InChI=1S/C20H31N5.HI/c1-6-21-19(23-15-18-12-14-24-25(18)5)22-13-11-16-7-9-17(10-8-16)20(2,3)4;/h7-10,12,14H,6,11,13,15H2,1-5H3,(H2,21,22,23);1H. The minimum atomic E-state index is 0. The largest absolute Gasteiger partial charge is 0.357 e. The first kappa shape index (κ1) is 22.5. The first-order valence-electron chi connectivity index (χ1n) is 8.98. The Bertz CT molecular complexity index is 683. The smallest absolute Gasteiger partial charge is 0.191 e. The predicted octanol–water partition coefficient (Wildman–Crippen LogP) is 3.63. The van der Waals surface area contributed by atoms with Crippen molar-refractivity contribution in [3.63, 3.8) is 0 Å². The highest BCUT2D eigenvalue weighted by Gasteiger charge is 2.12. The molecular formula is C20H32IN5. The Kier molecular flexibility index (Phi) is 9.12. The second kappa shape index (κ2) is 10.5. The number of aliphatic imine (C=N–C) groups is 1. The minimum Gasteiger partial charge on any atom is -0.357 e. The van der Waals surface area contributed by atoms with Crippen molar-refractivity contribution in [2.75, 3.05) is 13.1 Å². The summed E-state index contributed by atoms with van der Waals surface area (Å²) in [5.74, 6) is 0.843. The van der Waals surface area contributed by atoms with Gasteiger partial charge in [-0.05, 0) is 36.0 Å². The Hall–Kier alpha value is -1.57. The summed E-state index contributed by atoms with van der Waals surface area (Å²) in [7, 11) is 1.94. The van der Waals surface area contributed by atoms with Crippen molar-refractivity contribution >= 4 is 29.9 Å². The summed E-state index contributed by atoms with van der Waals surface area (Å²) in [6, 6.07) is 10.9. The molecule has 0 radical (unpaired) electrons. The van der Waals surface area contributed by atoms with Gasteiger partial charge in [0.25, 0.3) is 0 Å². The average molecular weight is 469 g/mol. The SMILES string of the molecule is CCNC(=NCc1ccnn1C)NCCc1ccc(C(C)(C)C)cc1.I. The molecule has 1 heterocycles. The van der Waals surface area contributed by atoms with Crippen LogP contribution in [-0.2, 0) is 25.4 Å². The van der Waals surface area contributed by atoms with Gasteiger partial charge in [-0.1, -0.05) is 45.0 Å². The number of nitrogens with one attached hydrogen (secondary N) is 2. The van der Waals surface area contributed by atoms with E-state index >= 15 is 0 Å². The minimum absolute atomic E-state index is 0. The van der Waals surface area contributed by atoms with Crippen LogP contribution >= 0.6 is 24.0 Å². The molecule has 0 spiro atoms. The number of aromatic nitrogens is 2. The van der Waals surface area contributed by atoms with Crippen LogP contribution in [-0.4, -0.2) is 28.8 Å². The third-order valence-corrected chi connectivity index (χ3v) is 4.19. The van der Waals surface area contributed by atoms with Crippen molar-refractivity contribution in [3.05, 3.63) is 53.3 Å². The molecule has 0 saturated carbocycles. The maximum absolute atomic E-state index is 4.63. The molecule has 0 aliphatic rings. The van der Waals surface area contributed by atoms with Crippen LogP contribution in [0.15, 0.2) is 41.5 Å². The van der Waals surface area contributed by atoms with E-state index in [2.05, 4.69) is 72.7 Å². The van der Waals surface area contributed by atoms with Crippen molar-refractivity contribution < 1.29 is 0 Å². The molecule has 2 N–H and O–H groups in total. The fraction of sp³-hybridized carbons (Fsp3) is 0.500. The van der Waals surface area contributed by atoms with Gasteiger partial charge in [0.05, 0.1) is 12.2 Å². The van der Waals surface area contributed by atoms with Gasteiger partial charge in [-0.15, -0.1) is 24.0 Å². The summed E-state index contributed by atoms with van der Waals surface area (Å²) in [6.07, 6.45) is 2.77. The van der Waals surface area contributed by atoms with E-state index in [1.807, 2.05) is 17.8 Å². The number of guanidine groups is 1. The van der Waals surface area contributed by atoms with Gasteiger partial charge in [-0.25, -0.2) is 4.99 Å². The van der Waals surface area contributed by atoms with E-state index in [0.29, 0.717) is 6.54 Å². The third kappa shape index (κ3) is 6.97. The highest BCUT2D eigenvalue weighted by atomic mass is 127. The molecule has 0 bridgehead atoms. The highest BCUT2D eigenvalue weighted by molar-refractivity contribution is 14.0. The number of rotatable bonds is 6. The van der Waals surface area contributed by atoms with Gasteiger partial charge < -0.3 is 10.6 Å². The molecule has 144 valence electrons. The monoisotopic (exact) mass is 469 g/mol. The topological polar surface area (TPSA) is 54.2 Å². The van der Waals surface area contributed by atoms with Gasteiger partial charge in [0.15, 0.2) is 5.96 Å². The Morgan fingerprint density at radius 1 is 1.12 bits per heavy atom. The Labute approximate surface area is 174 Å². The molecule has 0 unspecified atom stereocenters. The van der Waals surface area contributed by atoms with Crippen molar-refractivity contribution in [2.45, 2.75) is 46.1 Å². The number of hydrogen-bond acceptors (Lipinski definition) is 2. The lowest BCUT2D eigenvalue weighted by atomic mass is 9.86. The number of nitrogens with zero attached hydrogens (tertiary/aromatic N) is 3. The van der Waals surface area contributed by atoms with E-state index in [4.69, 9.17) is 0 Å². The van der Waals surface area contributed by atoms with Gasteiger partial charge in [0.2, 0.25) is 0 Å². The fourth-order valence-electron chi connectivity index (χ4n) is 2.55. The number of halogens is 1. The van der Waals surface area contributed by atoms with Crippen molar-refractivity contribution in [1.29, 1.82) is 0 Å². The first-order valence-corrected chi connectivity index (χ1v) is 8.98. The maximum Gasteiger partial charge on any atom is 0.191 e. The highest BCUT2D eigenvalue weighted by Crippen LogP contribution is 2.22. The quantitative estimate of drug-likeness (QED) is 0.386. The fourth-order valence-corrected chi connectivity index (χ4v) is 2.55. The second-order valence-corrected chi connectivity index (χ2v) is 7.27. The average Bonchev–Trinajstić information content (AvgIpc) is 2.97. The van der Waals surface area contributed by atoms with Crippen LogP contribution in [0.4, 0.5) is 0 Å². The summed E-state index contributed by atoms with van der Waals surface area (Å²) in [5.41, 5.74) is 4.00. The van der Waals surface area contributed by atoms with Crippen LogP contribution in [0.25, 0.3) is 0 Å². The Morgan fingerprint density at radius 3 is 2.35 bits per heavy atom. The lowest BCUT2D eigenvalue weighted by molar-refractivity contribution is 0.590. The van der Waals surface area contributed by atoms with Gasteiger partial charge >= 0.3 is 0 Å². The van der Waals surface area contributed by atoms with E-state index in [1.165, 1.54) is 11.1 Å². The first-order chi connectivity index (χ1) is 11.9. The molecule has 0 aliphatic heterocycles. The van der Waals surface area contributed by atoms with Crippen LogP contribution in [0.2, 0.25) is 0 Å². The number of hydrogen-bond donors (Lipinski definition) is 2. The molecule has 1 aromatic heterocycles. The summed E-state index contributed by atoms with van der Waals surface area (Å²) >= 11 is 0. The van der Waals surface area contributed by atoms with E-state index < -0.39 is 0 Å². The van der Waals surface area contributed by atoms with Gasteiger partial charge in [0.1, 0.15) is 0 Å². The van der Waals surface area contributed by atoms with Crippen molar-refractivity contribution in [2.24, 2.45) is 12.0 Å². The summed E-state index contributed by atoms with van der Waals surface area (Å²) in [4.78, 5) is 4.63. The molecule has 0 amide bonds. The zero-order valence-corrected chi connectivity index (χ0v) is 18.9. The molecule has 0 fully saturated rings. The predicted molar refractivity (Wildman–Crippen MR) is 120 cm³/mol. The Morgan fingerprint density at radius 2 is 1.81 bits per heavy atom. The summed E-state index contributed by atoms with van der Waals surface area (Å²) < 4.78 is 1.85. The second-order valence-electron chi connectivity index (χ2n) is 7.27. The van der Waals surface area contributed by atoms with E-state index in [1.54, 1.807) is 6.20 Å². The molecule has 2 aromatic rings.